The van der Waals surface area contributed by atoms with Gasteiger partial charge >= 0.3 is 5.97 Å². The lowest BCUT2D eigenvalue weighted by atomic mass is 10.0. The van der Waals surface area contributed by atoms with Crippen molar-refractivity contribution in [2.24, 2.45) is 5.16 Å². The zero-order chi connectivity index (χ0) is 26.1. The molecule has 0 unspecified atom stereocenters. The van der Waals surface area contributed by atoms with Gasteiger partial charge in [0.25, 0.3) is 17.5 Å². The third-order valence-corrected chi connectivity index (χ3v) is 7.50. The van der Waals surface area contributed by atoms with Crippen molar-refractivity contribution in [3.05, 3.63) is 53.9 Å². The van der Waals surface area contributed by atoms with Gasteiger partial charge in [-0.15, -0.1) is 11.8 Å². The van der Waals surface area contributed by atoms with Crippen LogP contribution in [0.15, 0.2) is 53.2 Å². The number of carbonyl (C=O) groups excluding carboxylic acids is 2. The summed E-state index contributed by atoms with van der Waals surface area (Å²) in [5, 5.41) is 24.3. The summed E-state index contributed by atoms with van der Waals surface area (Å²) in [7, 11) is 0. The van der Waals surface area contributed by atoms with Gasteiger partial charge < -0.3 is 21.0 Å². The van der Waals surface area contributed by atoms with Gasteiger partial charge in [0.15, 0.2) is 5.13 Å². The molecule has 4 N–H and O–H groups in total. The third kappa shape index (κ3) is 4.45. The van der Waals surface area contributed by atoms with Gasteiger partial charge in [0.05, 0.1) is 6.20 Å². The van der Waals surface area contributed by atoms with Crippen LogP contribution in [0.2, 0.25) is 0 Å². The summed E-state index contributed by atoms with van der Waals surface area (Å²) in [5.41, 5.74) is 6.58. The Bertz CT molecular complexity index is 1520. The number of nitrogen functional groups attached to an aromatic ring is 1. The summed E-state index contributed by atoms with van der Waals surface area (Å²) in [6.07, 6.45) is 5.59. The maximum Gasteiger partial charge on any atom is 0.352 e. The first-order valence-corrected chi connectivity index (χ1v) is 12.5. The van der Waals surface area contributed by atoms with E-state index in [1.54, 1.807) is 6.07 Å². The lowest BCUT2D eigenvalue weighted by molar-refractivity contribution is -0.662. The van der Waals surface area contributed by atoms with Gasteiger partial charge in [-0.1, -0.05) is 11.2 Å². The number of hydrogen-bond donors (Lipinski definition) is 3. The molecular weight excluding hydrogens is 522 g/mol. The Kier molecular flexibility index (Phi) is 6.46. The number of carboxylic acid groups (broad SMARTS) is 1. The highest BCUT2D eigenvalue weighted by Gasteiger charge is 2.54. The lowest BCUT2D eigenvalue weighted by Gasteiger charge is -2.49. The molecule has 0 aromatic carbocycles. The highest BCUT2D eigenvalue weighted by atomic mass is 32.2. The summed E-state index contributed by atoms with van der Waals surface area (Å²) < 4.78 is 7.74. The Morgan fingerprint density at radius 3 is 2.97 bits per heavy atom. The number of imidazole rings is 1. The fraction of sp³-hybridized carbons (Fsp3) is 0.238. The molecule has 0 radical (unpaired) electrons. The highest BCUT2D eigenvalue weighted by Crippen LogP contribution is 2.40. The first-order valence-electron chi connectivity index (χ1n) is 10.7. The van der Waals surface area contributed by atoms with Crippen LogP contribution in [0.25, 0.3) is 5.65 Å². The van der Waals surface area contributed by atoms with Crippen LogP contribution in [0.5, 0.6) is 0 Å². The molecule has 5 heterocycles. The van der Waals surface area contributed by atoms with Crippen molar-refractivity contribution in [2.75, 3.05) is 18.1 Å². The van der Waals surface area contributed by atoms with Crippen LogP contribution in [-0.4, -0.2) is 71.0 Å². The number of thioether (sulfide) groups is 1. The summed E-state index contributed by atoms with van der Waals surface area (Å²) in [6.45, 7) is -0.137. The van der Waals surface area contributed by atoms with Gasteiger partial charge in [0.2, 0.25) is 18.1 Å². The van der Waals surface area contributed by atoms with Crippen LogP contribution >= 0.6 is 23.3 Å². The SMILES string of the molecule is N#CCO/N=C(/C(=O)N[C@@H]1C(=O)N2C(C(=O)O)=C(C[n+]3ccn4ccccc43)CS[C@H]12)c1nsc(N)n1. The third-order valence-electron chi connectivity index (χ3n) is 5.62. The fourth-order valence-electron chi connectivity index (χ4n) is 4.04. The lowest BCUT2D eigenvalue weighted by Crippen LogP contribution is -2.71. The number of amides is 2. The average molecular weight is 541 g/mol. The number of carbonyl (C=O) groups is 3. The van der Waals surface area contributed by atoms with E-state index < -0.39 is 35.8 Å². The van der Waals surface area contributed by atoms with Crippen LogP contribution in [0.4, 0.5) is 5.13 Å². The minimum absolute atomic E-state index is 0.0853. The molecule has 14 nitrogen and oxygen atoms in total. The van der Waals surface area contributed by atoms with Gasteiger partial charge in [-0.2, -0.15) is 14.6 Å². The fourth-order valence-corrected chi connectivity index (χ4v) is 5.81. The van der Waals surface area contributed by atoms with Crippen molar-refractivity contribution in [3.8, 4) is 6.07 Å². The zero-order valence-corrected chi connectivity index (χ0v) is 20.5. The van der Waals surface area contributed by atoms with Crippen LogP contribution < -0.4 is 15.6 Å². The second-order valence-corrected chi connectivity index (χ2v) is 9.73. The smallest absolute Gasteiger partial charge is 0.352 e. The summed E-state index contributed by atoms with van der Waals surface area (Å²) in [6, 6.07) is 6.39. The number of anilines is 1. The van der Waals surface area contributed by atoms with Gasteiger partial charge in [-0.25, -0.2) is 13.8 Å². The molecule has 3 aromatic rings. The van der Waals surface area contributed by atoms with Crippen molar-refractivity contribution >= 4 is 57.6 Å². The minimum atomic E-state index is -1.23. The molecule has 0 saturated carbocycles. The van der Waals surface area contributed by atoms with Crippen molar-refractivity contribution < 1.29 is 28.9 Å². The van der Waals surface area contributed by atoms with E-state index in [0.29, 0.717) is 11.3 Å². The molecule has 2 amide bonds. The number of aliphatic carboxylic acids is 1. The second-order valence-electron chi connectivity index (χ2n) is 7.84. The largest absolute Gasteiger partial charge is 0.477 e. The number of nitrogens with zero attached hydrogens (tertiary/aromatic N) is 7. The predicted octanol–water partition coefficient (Wildman–Crippen LogP) is -0.656. The predicted molar refractivity (Wildman–Crippen MR) is 130 cm³/mol. The number of nitrogens with one attached hydrogen (secondary N) is 1. The number of fused-ring (bicyclic) bond motifs is 2. The van der Waals surface area contributed by atoms with Crippen LogP contribution in [0.3, 0.4) is 0 Å². The molecule has 2 aliphatic rings. The standard InChI is InChI=1S/C21H17N9O5S2/c22-4-8-35-26-13(16-25-21(23)37-27-16)17(31)24-14-18(32)30-15(20(33)34)11(10-36-19(14)30)9-29-7-6-28-5-2-1-3-12(28)29/h1-3,5-7,14,19H,8-10H2,(H3-,23,24,25,27,31,33,34)/p+1/b26-13+/t14-,19-/m1/s1. The molecule has 5 rings (SSSR count). The molecule has 0 spiro atoms. The molecule has 0 aliphatic carbocycles. The molecule has 1 saturated heterocycles. The number of β-lactam (4-membered cyclic amide) rings is 1. The molecule has 3 aromatic heterocycles. The van der Waals surface area contributed by atoms with E-state index in [4.69, 9.17) is 15.8 Å². The Morgan fingerprint density at radius 1 is 1.41 bits per heavy atom. The topological polar surface area (TPSA) is 192 Å². The second kappa shape index (κ2) is 9.87. The van der Waals surface area contributed by atoms with Gasteiger partial charge in [-0.05, 0) is 6.07 Å². The monoisotopic (exact) mass is 540 g/mol. The quantitative estimate of drug-likeness (QED) is 0.109. The van der Waals surface area contributed by atoms with E-state index >= 15 is 0 Å². The van der Waals surface area contributed by atoms with Crippen molar-refractivity contribution in [2.45, 2.75) is 18.0 Å². The molecule has 188 valence electrons. The summed E-state index contributed by atoms with van der Waals surface area (Å²) in [4.78, 5) is 48.1. The molecule has 2 aliphatic heterocycles. The van der Waals surface area contributed by atoms with E-state index in [1.807, 2.05) is 45.8 Å². The highest BCUT2D eigenvalue weighted by molar-refractivity contribution is 8.00. The Morgan fingerprint density at radius 2 is 2.24 bits per heavy atom. The number of hydrogen-bond acceptors (Lipinski definition) is 11. The average Bonchev–Trinajstić information content (AvgIpc) is 3.50. The Hall–Kier alpha value is -4.49. The van der Waals surface area contributed by atoms with E-state index in [0.717, 1.165) is 17.2 Å². The zero-order valence-electron chi connectivity index (χ0n) is 18.8. The number of aromatic nitrogens is 4. The molecule has 2 atom stereocenters. The number of oxime groups is 1. The number of rotatable bonds is 8. The van der Waals surface area contributed by atoms with Crippen molar-refractivity contribution in [3.63, 3.8) is 0 Å². The van der Waals surface area contributed by atoms with E-state index in [2.05, 4.69) is 19.8 Å². The van der Waals surface area contributed by atoms with Gasteiger partial charge in [0, 0.05) is 28.9 Å². The first-order chi connectivity index (χ1) is 17.9. The number of nitriles is 1. The first kappa shape index (κ1) is 24.2. The number of nitrogens with two attached hydrogens (primary N) is 1. The maximum absolute atomic E-state index is 13.1. The molecular formula is C21H18N9O5S2+. The normalized spacial score (nSPS) is 19.3. The Balaban J connectivity index is 1.36. The van der Waals surface area contributed by atoms with Gasteiger partial charge in [-0.3, -0.25) is 14.5 Å². The summed E-state index contributed by atoms with van der Waals surface area (Å²) >= 11 is 2.18. The number of carboxylic acids is 1. The summed E-state index contributed by atoms with van der Waals surface area (Å²) in [5.74, 6) is -2.40. The molecule has 1 fully saturated rings. The van der Waals surface area contributed by atoms with E-state index in [9.17, 15) is 19.5 Å². The van der Waals surface area contributed by atoms with Crippen LogP contribution in [0.1, 0.15) is 5.82 Å². The minimum Gasteiger partial charge on any atom is -0.477 e. The van der Waals surface area contributed by atoms with Crippen molar-refractivity contribution in [1.82, 2.24) is 24.0 Å². The van der Waals surface area contributed by atoms with Crippen molar-refractivity contribution in [1.29, 1.82) is 5.26 Å². The molecule has 37 heavy (non-hydrogen) atoms. The van der Waals surface area contributed by atoms with Crippen LogP contribution in [0, 0.1) is 11.3 Å². The number of pyridine rings is 1. The Labute approximate surface area is 216 Å². The van der Waals surface area contributed by atoms with Gasteiger partial charge in [0.1, 0.15) is 42.1 Å². The van der Waals surface area contributed by atoms with Crippen LogP contribution in [-0.2, 0) is 25.8 Å². The van der Waals surface area contributed by atoms with E-state index in [-0.39, 0.29) is 28.9 Å². The molecule has 0 bridgehead atoms. The van der Waals surface area contributed by atoms with E-state index in [1.165, 1.54) is 16.7 Å². The molecule has 16 heteroatoms. The maximum atomic E-state index is 13.1.